The van der Waals surface area contributed by atoms with E-state index in [1.807, 2.05) is 26.0 Å². The number of ketones is 2. The highest BCUT2D eigenvalue weighted by atomic mass is 16.1. The Hall–Kier alpha value is -1.18. The van der Waals surface area contributed by atoms with Crippen LogP contribution in [0.15, 0.2) is 23.8 Å². The molecule has 0 aliphatic heterocycles. The van der Waals surface area contributed by atoms with Crippen molar-refractivity contribution in [3.05, 3.63) is 23.8 Å². The second kappa shape index (κ2) is 4.89. The molecule has 1 unspecified atom stereocenters. The summed E-state index contributed by atoms with van der Waals surface area (Å²) in [6, 6.07) is 0. The van der Waals surface area contributed by atoms with Crippen molar-refractivity contribution in [3.63, 3.8) is 0 Å². The van der Waals surface area contributed by atoms with E-state index in [-0.39, 0.29) is 17.5 Å². The van der Waals surface area contributed by atoms with Crippen LogP contribution in [0.1, 0.15) is 33.1 Å². The summed E-state index contributed by atoms with van der Waals surface area (Å²) in [6.07, 6.45) is 7.17. The van der Waals surface area contributed by atoms with Gasteiger partial charge in [-0.2, -0.15) is 0 Å². The molecule has 0 aromatic rings. The molecule has 1 fully saturated rings. The maximum absolute atomic E-state index is 11.3. The maximum atomic E-state index is 11.3. The molecule has 0 spiro atoms. The summed E-state index contributed by atoms with van der Waals surface area (Å²) in [6.45, 7) is 4.00. The van der Waals surface area contributed by atoms with Gasteiger partial charge in [0, 0.05) is 24.3 Å². The van der Waals surface area contributed by atoms with Crippen LogP contribution in [-0.2, 0) is 9.59 Å². The molecule has 0 saturated heterocycles. The van der Waals surface area contributed by atoms with E-state index in [9.17, 15) is 9.59 Å². The van der Waals surface area contributed by atoms with Crippen LogP contribution in [0.4, 0.5) is 0 Å². The largest absolute Gasteiger partial charge is 0.299 e. The Morgan fingerprint density at radius 1 is 1.21 bits per heavy atom. The van der Waals surface area contributed by atoms with E-state index in [2.05, 4.69) is 0 Å². The molecular weight excluding hydrogens is 176 g/mol. The molecule has 0 bridgehead atoms. The molecule has 0 aromatic heterocycles. The fraction of sp³-hybridized carbons (Fsp3) is 0.500. The zero-order valence-corrected chi connectivity index (χ0v) is 8.75. The molecule has 0 heterocycles. The van der Waals surface area contributed by atoms with Crippen molar-refractivity contribution in [2.75, 3.05) is 0 Å². The molecule has 0 aromatic carbocycles. The van der Waals surface area contributed by atoms with Crippen molar-refractivity contribution in [2.45, 2.75) is 33.1 Å². The van der Waals surface area contributed by atoms with E-state index in [0.717, 1.165) is 12.0 Å². The van der Waals surface area contributed by atoms with Gasteiger partial charge in [-0.25, -0.2) is 0 Å². The smallest absolute Gasteiger partial charge is 0.160 e. The summed E-state index contributed by atoms with van der Waals surface area (Å²) in [5, 5.41) is 0. The van der Waals surface area contributed by atoms with E-state index in [1.165, 1.54) is 0 Å². The molecule has 2 heteroatoms. The van der Waals surface area contributed by atoms with Crippen LogP contribution in [0, 0.1) is 5.92 Å². The normalized spacial score (nSPS) is 24.7. The maximum Gasteiger partial charge on any atom is 0.160 e. The van der Waals surface area contributed by atoms with Gasteiger partial charge in [0.15, 0.2) is 5.78 Å². The molecule has 76 valence electrons. The number of Topliss-reactive ketones (excluding diaryl/α,β-unsaturated/α-hetero) is 2. The molecule has 2 aliphatic rings. The van der Waals surface area contributed by atoms with Gasteiger partial charge in [0.25, 0.3) is 0 Å². The van der Waals surface area contributed by atoms with Crippen LogP contribution < -0.4 is 0 Å². The average Bonchev–Trinajstić information content (AvgIpc) is 2.27. The Kier molecular flexibility index (Phi) is 3.81. The number of fused-ring (bicyclic) bond motifs is 1. The van der Waals surface area contributed by atoms with Crippen LogP contribution in [0.3, 0.4) is 0 Å². The number of hydrogen-bond donors (Lipinski definition) is 0. The standard InChI is InChI=1S/C10H10O2.C2H6/c11-9-5-6-10(12)8-4-2-1-3-7(8)9;1-2/h1-3,8H,4-6H2;1-2H3. The molecule has 1 saturated carbocycles. The number of carbonyl (C=O) groups excluding carboxylic acids is 2. The zero-order valence-electron chi connectivity index (χ0n) is 8.75. The number of hydrogen-bond acceptors (Lipinski definition) is 2. The Balaban J connectivity index is 0.000000461. The van der Waals surface area contributed by atoms with Crippen molar-refractivity contribution < 1.29 is 9.59 Å². The fourth-order valence-corrected chi connectivity index (χ4v) is 1.78. The molecule has 1 atom stereocenters. The van der Waals surface area contributed by atoms with Crippen molar-refractivity contribution in [1.82, 2.24) is 0 Å². The lowest BCUT2D eigenvalue weighted by Crippen LogP contribution is -2.28. The third-order valence-electron chi connectivity index (χ3n) is 2.47. The van der Waals surface area contributed by atoms with Gasteiger partial charge in [0.2, 0.25) is 0 Å². The minimum Gasteiger partial charge on any atom is -0.299 e. The lowest BCUT2D eigenvalue weighted by molar-refractivity contribution is -0.128. The molecule has 2 rings (SSSR count). The first-order valence-electron chi connectivity index (χ1n) is 5.21. The molecule has 0 amide bonds. The first-order valence-corrected chi connectivity index (χ1v) is 5.21. The monoisotopic (exact) mass is 192 g/mol. The van der Waals surface area contributed by atoms with Gasteiger partial charge >= 0.3 is 0 Å². The number of allylic oxidation sites excluding steroid dienone is 4. The van der Waals surface area contributed by atoms with Crippen LogP contribution in [-0.4, -0.2) is 11.6 Å². The van der Waals surface area contributed by atoms with Crippen molar-refractivity contribution in [3.8, 4) is 0 Å². The molecule has 2 aliphatic carbocycles. The Morgan fingerprint density at radius 2 is 1.93 bits per heavy atom. The van der Waals surface area contributed by atoms with Gasteiger partial charge in [-0.1, -0.05) is 32.1 Å². The van der Waals surface area contributed by atoms with Crippen molar-refractivity contribution in [2.24, 2.45) is 5.92 Å². The first-order chi connectivity index (χ1) is 6.79. The predicted molar refractivity (Wildman–Crippen MR) is 55.9 cm³/mol. The van der Waals surface area contributed by atoms with Crippen molar-refractivity contribution >= 4 is 11.6 Å². The summed E-state index contributed by atoms with van der Waals surface area (Å²) in [5.41, 5.74) is 0.730. The van der Waals surface area contributed by atoms with Gasteiger partial charge in [0.05, 0.1) is 0 Å². The summed E-state index contributed by atoms with van der Waals surface area (Å²) < 4.78 is 0. The molecule has 14 heavy (non-hydrogen) atoms. The average molecular weight is 192 g/mol. The molecule has 0 N–H and O–H groups in total. The number of rotatable bonds is 0. The van der Waals surface area contributed by atoms with E-state index in [4.69, 9.17) is 0 Å². The Morgan fingerprint density at radius 3 is 2.57 bits per heavy atom. The Labute approximate surface area is 84.7 Å². The van der Waals surface area contributed by atoms with Gasteiger partial charge in [-0.05, 0) is 6.42 Å². The highest BCUT2D eigenvalue weighted by Crippen LogP contribution is 2.29. The van der Waals surface area contributed by atoms with E-state index in [0.29, 0.717) is 12.8 Å². The summed E-state index contributed by atoms with van der Waals surface area (Å²) in [4.78, 5) is 22.7. The summed E-state index contributed by atoms with van der Waals surface area (Å²) in [5.74, 6) is 0.269. The molecule has 2 nitrogen and oxygen atoms in total. The van der Waals surface area contributed by atoms with E-state index < -0.39 is 0 Å². The van der Waals surface area contributed by atoms with Gasteiger partial charge in [0.1, 0.15) is 5.78 Å². The molecule has 0 radical (unpaired) electrons. The van der Waals surface area contributed by atoms with Crippen LogP contribution in [0.2, 0.25) is 0 Å². The lowest BCUT2D eigenvalue weighted by Gasteiger charge is -2.23. The first kappa shape index (κ1) is 10.9. The van der Waals surface area contributed by atoms with Gasteiger partial charge in [-0.15, -0.1) is 0 Å². The van der Waals surface area contributed by atoms with Crippen molar-refractivity contribution in [1.29, 1.82) is 0 Å². The van der Waals surface area contributed by atoms with Crippen LogP contribution in [0.5, 0.6) is 0 Å². The van der Waals surface area contributed by atoms with Gasteiger partial charge in [-0.3, -0.25) is 9.59 Å². The second-order valence-corrected chi connectivity index (χ2v) is 3.23. The molecular formula is C12H16O2. The van der Waals surface area contributed by atoms with E-state index >= 15 is 0 Å². The summed E-state index contributed by atoms with van der Waals surface area (Å²) >= 11 is 0. The minimum atomic E-state index is -0.115. The SMILES string of the molecule is CC.O=C1CCC(=O)C2CC=CC=C12. The third kappa shape index (κ3) is 2.00. The fourth-order valence-electron chi connectivity index (χ4n) is 1.78. The lowest BCUT2D eigenvalue weighted by atomic mass is 9.78. The van der Waals surface area contributed by atoms with Crippen LogP contribution in [0.25, 0.3) is 0 Å². The number of carbonyl (C=O) groups is 2. The third-order valence-corrected chi connectivity index (χ3v) is 2.47. The second-order valence-electron chi connectivity index (χ2n) is 3.23. The highest BCUT2D eigenvalue weighted by molar-refractivity contribution is 6.07. The zero-order chi connectivity index (χ0) is 10.6. The predicted octanol–water partition coefficient (Wildman–Crippen LogP) is 2.45. The highest BCUT2D eigenvalue weighted by Gasteiger charge is 2.31. The quantitative estimate of drug-likeness (QED) is 0.590. The Bertz CT molecular complexity index is 297. The van der Waals surface area contributed by atoms with Crippen LogP contribution >= 0.6 is 0 Å². The summed E-state index contributed by atoms with van der Waals surface area (Å²) in [7, 11) is 0. The minimum absolute atomic E-state index is 0.115. The topological polar surface area (TPSA) is 34.1 Å². The van der Waals surface area contributed by atoms with E-state index in [1.54, 1.807) is 6.08 Å². The van der Waals surface area contributed by atoms with Gasteiger partial charge < -0.3 is 0 Å².